The topological polar surface area (TPSA) is 90.0 Å². The highest BCUT2D eigenvalue weighted by Crippen LogP contribution is 2.30. The van der Waals surface area contributed by atoms with Gasteiger partial charge in [-0.05, 0) is 25.7 Å². The third kappa shape index (κ3) is 1.98. The molecular weight excluding hydrogens is 256 g/mol. The van der Waals surface area contributed by atoms with Crippen LogP contribution < -0.4 is 10.2 Å². The SMILES string of the molecule is OCC1CCCN1c1nc(NC2CC2)c2[nH]cnc2n1. The highest BCUT2D eigenvalue weighted by Gasteiger charge is 2.28. The van der Waals surface area contributed by atoms with E-state index in [1.807, 2.05) is 0 Å². The number of fused-ring (bicyclic) bond motifs is 1. The van der Waals surface area contributed by atoms with Gasteiger partial charge in [-0.15, -0.1) is 0 Å². The molecule has 1 saturated carbocycles. The van der Waals surface area contributed by atoms with Gasteiger partial charge in [-0.2, -0.15) is 9.97 Å². The van der Waals surface area contributed by atoms with Crippen LogP contribution in [0, 0.1) is 0 Å². The van der Waals surface area contributed by atoms with E-state index in [2.05, 4.69) is 30.2 Å². The maximum Gasteiger partial charge on any atom is 0.229 e. The lowest BCUT2D eigenvalue weighted by Crippen LogP contribution is -2.33. The number of nitrogens with one attached hydrogen (secondary N) is 2. The maximum atomic E-state index is 9.46. The van der Waals surface area contributed by atoms with E-state index in [0.29, 0.717) is 17.6 Å². The fourth-order valence-electron chi connectivity index (χ4n) is 2.76. The van der Waals surface area contributed by atoms with Crippen LogP contribution in [0.5, 0.6) is 0 Å². The van der Waals surface area contributed by atoms with Crippen molar-refractivity contribution in [1.29, 1.82) is 0 Å². The van der Waals surface area contributed by atoms with Crippen molar-refractivity contribution in [3.8, 4) is 0 Å². The lowest BCUT2D eigenvalue weighted by Gasteiger charge is -2.23. The molecule has 0 amide bonds. The third-order valence-electron chi connectivity index (χ3n) is 4.04. The molecule has 0 bridgehead atoms. The van der Waals surface area contributed by atoms with Gasteiger partial charge in [-0.1, -0.05) is 0 Å². The van der Waals surface area contributed by atoms with Crippen LogP contribution in [-0.4, -0.2) is 50.3 Å². The summed E-state index contributed by atoms with van der Waals surface area (Å²) in [4.78, 5) is 18.6. The lowest BCUT2D eigenvalue weighted by atomic mass is 10.2. The Kier molecular flexibility index (Phi) is 2.73. The zero-order valence-electron chi connectivity index (χ0n) is 11.2. The summed E-state index contributed by atoms with van der Waals surface area (Å²) in [7, 11) is 0. The Labute approximate surface area is 116 Å². The third-order valence-corrected chi connectivity index (χ3v) is 4.04. The number of anilines is 2. The van der Waals surface area contributed by atoms with E-state index < -0.39 is 0 Å². The predicted molar refractivity (Wildman–Crippen MR) is 75.8 cm³/mol. The van der Waals surface area contributed by atoms with Gasteiger partial charge in [0.2, 0.25) is 5.95 Å². The van der Waals surface area contributed by atoms with Crippen molar-refractivity contribution in [1.82, 2.24) is 19.9 Å². The minimum Gasteiger partial charge on any atom is -0.394 e. The van der Waals surface area contributed by atoms with Gasteiger partial charge in [0, 0.05) is 12.6 Å². The van der Waals surface area contributed by atoms with E-state index in [9.17, 15) is 5.11 Å². The van der Waals surface area contributed by atoms with Crippen molar-refractivity contribution in [2.45, 2.75) is 37.8 Å². The molecule has 0 radical (unpaired) electrons. The standard InChI is InChI=1S/C13H18N6O/c20-6-9-2-1-5-19(9)13-17-11-10(14-7-15-11)12(18-13)16-8-3-4-8/h7-9,20H,1-6H2,(H2,14,15,16,17,18). The Morgan fingerprint density at radius 2 is 2.25 bits per heavy atom. The van der Waals surface area contributed by atoms with Crippen molar-refractivity contribution < 1.29 is 5.11 Å². The summed E-state index contributed by atoms with van der Waals surface area (Å²) in [5.41, 5.74) is 1.54. The number of aliphatic hydroxyl groups is 1. The molecule has 20 heavy (non-hydrogen) atoms. The van der Waals surface area contributed by atoms with E-state index in [1.54, 1.807) is 6.33 Å². The van der Waals surface area contributed by atoms with Crippen LogP contribution in [0.15, 0.2) is 6.33 Å². The van der Waals surface area contributed by atoms with Crippen LogP contribution in [0.25, 0.3) is 11.2 Å². The van der Waals surface area contributed by atoms with Crippen LogP contribution in [0.4, 0.5) is 11.8 Å². The van der Waals surface area contributed by atoms with Gasteiger partial charge in [-0.25, -0.2) is 4.98 Å². The Bertz CT molecular complexity index is 622. The summed E-state index contributed by atoms with van der Waals surface area (Å²) in [6.07, 6.45) is 6.09. The Balaban J connectivity index is 1.74. The molecular formula is C13H18N6O. The molecule has 2 aromatic heterocycles. The first-order valence-corrected chi connectivity index (χ1v) is 7.20. The molecule has 1 aliphatic carbocycles. The number of hydrogen-bond donors (Lipinski definition) is 3. The average Bonchev–Trinajstić information content (AvgIpc) is 2.97. The number of rotatable bonds is 4. The highest BCUT2D eigenvalue weighted by atomic mass is 16.3. The first-order valence-electron chi connectivity index (χ1n) is 7.20. The summed E-state index contributed by atoms with van der Waals surface area (Å²) in [6, 6.07) is 0.650. The number of nitrogens with zero attached hydrogens (tertiary/aromatic N) is 4. The average molecular weight is 274 g/mol. The maximum absolute atomic E-state index is 9.46. The monoisotopic (exact) mass is 274 g/mol. The molecule has 7 nitrogen and oxygen atoms in total. The highest BCUT2D eigenvalue weighted by molar-refractivity contribution is 5.84. The van der Waals surface area contributed by atoms with Gasteiger partial charge in [0.1, 0.15) is 5.52 Å². The Hall–Kier alpha value is -1.89. The number of H-pyrrole nitrogens is 1. The largest absolute Gasteiger partial charge is 0.394 e. The molecule has 1 unspecified atom stereocenters. The molecule has 2 aliphatic rings. The minimum absolute atomic E-state index is 0.125. The number of aromatic amines is 1. The van der Waals surface area contributed by atoms with E-state index in [0.717, 1.165) is 30.7 Å². The summed E-state index contributed by atoms with van der Waals surface area (Å²) >= 11 is 0. The zero-order chi connectivity index (χ0) is 13.5. The van der Waals surface area contributed by atoms with Crippen molar-refractivity contribution in [2.75, 3.05) is 23.4 Å². The van der Waals surface area contributed by atoms with E-state index in [1.165, 1.54) is 12.8 Å². The van der Waals surface area contributed by atoms with Crippen molar-refractivity contribution in [3.63, 3.8) is 0 Å². The molecule has 0 aromatic carbocycles. The first-order chi connectivity index (χ1) is 9.85. The summed E-state index contributed by atoms with van der Waals surface area (Å²) < 4.78 is 0. The van der Waals surface area contributed by atoms with Crippen molar-refractivity contribution in [3.05, 3.63) is 6.33 Å². The molecule has 1 aliphatic heterocycles. The first kappa shape index (κ1) is 11.9. The van der Waals surface area contributed by atoms with Gasteiger partial charge >= 0.3 is 0 Å². The molecule has 2 aromatic rings. The molecule has 1 atom stereocenters. The van der Waals surface area contributed by atoms with Crippen molar-refractivity contribution >= 4 is 22.9 Å². The van der Waals surface area contributed by atoms with E-state index in [4.69, 9.17) is 0 Å². The molecule has 3 heterocycles. The van der Waals surface area contributed by atoms with Crippen molar-refractivity contribution in [2.24, 2.45) is 0 Å². The van der Waals surface area contributed by atoms with Crippen LogP contribution >= 0.6 is 0 Å². The van der Waals surface area contributed by atoms with E-state index >= 15 is 0 Å². The second-order valence-electron chi connectivity index (χ2n) is 5.56. The quantitative estimate of drug-likeness (QED) is 0.767. The Morgan fingerprint density at radius 3 is 3.05 bits per heavy atom. The molecule has 106 valence electrons. The van der Waals surface area contributed by atoms with Gasteiger partial charge in [0.15, 0.2) is 11.5 Å². The smallest absolute Gasteiger partial charge is 0.229 e. The second kappa shape index (κ2) is 4.59. The molecule has 4 rings (SSSR count). The number of aromatic nitrogens is 4. The summed E-state index contributed by atoms with van der Waals surface area (Å²) in [6.45, 7) is 1.04. The molecule has 0 spiro atoms. The van der Waals surface area contributed by atoms with E-state index in [-0.39, 0.29) is 12.6 Å². The second-order valence-corrected chi connectivity index (χ2v) is 5.56. The van der Waals surface area contributed by atoms with Gasteiger partial charge in [0.25, 0.3) is 0 Å². The molecule has 2 fully saturated rings. The van der Waals surface area contributed by atoms with Gasteiger partial charge < -0.3 is 20.3 Å². The van der Waals surface area contributed by atoms with Gasteiger partial charge in [-0.3, -0.25) is 0 Å². The molecule has 7 heteroatoms. The number of aliphatic hydroxyl groups excluding tert-OH is 1. The normalized spacial score (nSPS) is 22.6. The summed E-state index contributed by atoms with van der Waals surface area (Å²) in [5, 5.41) is 12.9. The Morgan fingerprint density at radius 1 is 1.35 bits per heavy atom. The van der Waals surface area contributed by atoms with Crippen LogP contribution in [-0.2, 0) is 0 Å². The predicted octanol–water partition coefficient (Wildman–Crippen LogP) is 0.888. The number of imidazole rings is 1. The molecule has 3 N–H and O–H groups in total. The molecule has 1 saturated heterocycles. The number of hydrogen-bond acceptors (Lipinski definition) is 6. The van der Waals surface area contributed by atoms with Crippen LogP contribution in [0.2, 0.25) is 0 Å². The summed E-state index contributed by atoms with van der Waals surface area (Å²) in [5.74, 6) is 1.50. The van der Waals surface area contributed by atoms with Gasteiger partial charge in [0.05, 0.1) is 19.0 Å². The fraction of sp³-hybridized carbons (Fsp3) is 0.615. The van der Waals surface area contributed by atoms with Crippen LogP contribution in [0.1, 0.15) is 25.7 Å². The van der Waals surface area contributed by atoms with Crippen LogP contribution in [0.3, 0.4) is 0 Å². The lowest BCUT2D eigenvalue weighted by molar-refractivity contribution is 0.265. The minimum atomic E-state index is 0.125. The fourth-order valence-corrected chi connectivity index (χ4v) is 2.76. The zero-order valence-corrected chi connectivity index (χ0v) is 11.2.